The molecule has 0 bridgehead atoms. The molecule has 4 heteroatoms. The molecule has 0 rings (SSSR count). The highest BCUT2D eigenvalue weighted by atomic mass is 16.4. The summed E-state index contributed by atoms with van der Waals surface area (Å²) in [5.74, 6) is 0. The summed E-state index contributed by atoms with van der Waals surface area (Å²) in [4.78, 5) is 12.2. The van der Waals surface area contributed by atoms with Crippen molar-refractivity contribution < 1.29 is 9.90 Å². The van der Waals surface area contributed by atoms with Crippen LogP contribution in [0, 0.1) is 0 Å². The van der Waals surface area contributed by atoms with Crippen LogP contribution in [0.4, 0.5) is 4.79 Å². The van der Waals surface area contributed by atoms with Crippen molar-refractivity contribution in [1.29, 1.82) is 0 Å². The third-order valence-electron chi connectivity index (χ3n) is 1.81. The fraction of sp³-hybridized carbons (Fsp3) is 0.875. The van der Waals surface area contributed by atoms with E-state index in [9.17, 15) is 9.90 Å². The molecule has 0 aliphatic heterocycles. The summed E-state index contributed by atoms with van der Waals surface area (Å²) < 4.78 is 0. The lowest BCUT2D eigenvalue weighted by Crippen LogP contribution is -2.38. The first-order valence-electron chi connectivity index (χ1n) is 4.37. The summed E-state index contributed by atoms with van der Waals surface area (Å²) in [5, 5.41) is 12.2. The molecule has 12 heavy (non-hydrogen) atoms. The highest BCUT2D eigenvalue weighted by molar-refractivity contribution is 5.61. The Morgan fingerprint density at radius 3 is 2.42 bits per heavy atom. The maximum atomic E-state index is 9.95. The van der Waals surface area contributed by atoms with E-state index in [2.05, 4.69) is 24.1 Å². The molecule has 0 heterocycles. The van der Waals surface area contributed by atoms with Gasteiger partial charge in [-0.3, -0.25) is 0 Å². The first-order valence-corrected chi connectivity index (χ1v) is 4.37. The van der Waals surface area contributed by atoms with Crippen LogP contribution in [0.5, 0.6) is 0 Å². The van der Waals surface area contributed by atoms with E-state index in [1.165, 1.54) is 0 Å². The third kappa shape index (κ3) is 5.97. The average molecular weight is 173 g/mol. The van der Waals surface area contributed by atoms with Gasteiger partial charge in [0, 0.05) is 6.54 Å². The Kier molecular flexibility index (Phi) is 6.47. The van der Waals surface area contributed by atoms with Crippen LogP contribution in [0.25, 0.3) is 0 Å². The van der Waals surface area contributed by atoms with Gasteiger partial charge in [0.1, 0.15) is 6.09 Å². The molecule has 0 aromatic heterocycles. The molecule has 0 aliphatic rings. The molecule has 0 atom stereocenters. The number of carboxylic acid groups (broad SMARTS) is 1. The second kappa shape index (κ2) is 6.91. The fourth-order valence-electron chi connectivity index (χ4n) is 1.03. The molecular formula is C8H17N2O2-. The van der Waals surface area contributed by atoms with Crippen molar-refractivity contribution in [3.05, 3.63) is 0 Å². The van der Waals surface area contributed by atoms with Gasteiger partial charge in [-0.25, -0.2) is 0 Å². The van der Waals surface area contributed by atoms with Gasteiger partial charge in [-0.15, -0.1) is 0 Å². The maximum absolute atomic E-state index is 9.95. The molecule has 0 fully saturated rings. The summed E-state index contributed by atoms with van der Waals surface area (Å²) >= 11 is 0. The van der Waals surface area contributed by atoms with Crippen molar-refractivity contribution in [2.45, 2.75) is 20.3 Å². The van der Waals surface area contributed by atoms with Crippen molar-refractivity contribution in [3.8, 4) is 0 Å². The van der Waals surface area contributed by atoms with E-state index in [1.807, 2.05) is 0 Å². The van der Waals surface area contributed by atoms with Gasteiger partial charge in [-0.2, -0.15) is 0 Å². The van der Waals surface area contributed by atoms with E-state index < -0.39 is 6.09 Å². The summed E-state index contributed by atoms with van der Waals surface area (Å²) in [7, 11) is 0. The first kappa shape index (κ1) is 11.2. The van der Waals surface area contributed by atoms with Crippen LogP contribution in [-0.4, -0.2) is 37.2 Å². The van der Waals surface area contributed by atoms with Crippen molar-refractivity contribution in [1.82, 2.24) is 10.2 Å². The van der Waals surface area contributed by atoms with E-state index in [4.69, 9.17) is 0 Å². The van der Waals surface area contributed by atoms with Crippen LogP contribution in [-0.2, 0) is 0 Å². The van der Waals surface area contributed by atoms with Crippen LogP contribution < -0.4 is 10.4 Å². The lowest BCUT2D eigenvalue weighted by Gasteiger charge is -2.17. The molecule has 1 amide bonds. The number of nitrogens with zero attached hydrogens (tertiary/aromatic N) is 1. The minimum Gasteiger partial charge on any atom is -0.530 e. The average Bonchev–Trinajstić information content (AvgIpc) is 2.04. The Hall–Kier alpha value is -0.770. The Morgan fingerprint density at radius 2 is 2.00 bits per heavy atom. The Labute approximate surface area is 73.6 Å². The van der Waals surface area contributed by atoms with Gasteiger partial charge in [0.15, 0.2) is 0 Å². The van der Waals surface area contributed by atoms with Gasteiger partial charge in [-0.1, -0.05) is 13.8 Å². The number of hydrogen-bond acceptors (Lipinski definition) is 3. The predicted molar refractivity (Wildman–Crippen MR) is 45.8 cm³/mol. The minimum atomic E-state index is -1.19. The molecule has 0 unspecified atom stereocenters. The summed E-state index contributed by atoms with van der Waals surface area (Å²) in [6, 6.07) is 0. The van der Waals surface area contributed by atoms with Crippen LogP contribution in [0.1, 0.15) is 20.3 Å². The number of carbonyl (C=O) groups excluding carboxylic acids is 1. The number of carbonyl (C=O) groups is 1. The number of amides is 1. The second-order valence-electron chi connectivity index (χ2n) is 2.59. The molecular weight excluding hydrogens is 156 g/mol. The Morgan fingerprint density at radius 1 is 1.42 bits per heavy atom. The lowest BCUT2D eigenvalue weighted by atomic mass is 10.3. The number of hydrogen-bond donors (Lipinski definition) is 1. The summed E-state index contributed by atoms with van der Waals surface area (Å²) in [6.45, 7) is 7.64. The van der Waals surface area contributed by atoms with Crippen molar-refractivity contribution in [2.24, 2.45) is 0 Å². The molecule has 0 aliphatic carbocycles. The standard InChI is InChI=1S/C8H18N2O2/c1-3-10(4-2)7-5-6-9-8(11)12/h9H,3-7H2,1-2H3,(H,11,12)/p-1. The largest absolute Gasteiger partial charge is 0.530 e. The van der Waals surface area contributed by atoms with Gasteiger partial charge in [-0.05, 0) is 26.1 Å². The Bertz CT molecular complexity index is 124. The van der Waals surface area contributed by atoms with Crippen molar-refractivity contribution >= 4 is 6.09 Å². The molecule has 0 aromatic rings. The van der Waals surface area contributed by atoms with Gasteiger partial charge in [0.25, 0.3) is 0 Å². The third-order valence-corrected chi connectivity index (χ3v) is 1.81. The van der Waals surface area contributed by atoms with Crippen LogP contribution in [0.15, 0.2) is 0 Å². The van der Waals surface area contributed by atoms with Gasteiger partial charge in [0.2, 0.25) is 0 Å². The molecule has 0 saturated carbocycles. The maximum Gasteiger partial charge on any atom is 0.134 e. The zero-order valence-electron chi connectivity index (χ0n) is 7.80. The van der Waals surface area contributed by atoms with E-state index in [1.54, 1.807) is 0 Å². The van der Waals surface area contributed by atoms with Crippen molar-refractivity contribution in [2.75, 3.05) is 26.2 Å². The monoisotopic (exact) mass is 173 g/mol. The van der Waals surface area contributed by atoms with Crippen LogP contribution in [0.3, 0.4) is 0 Å². The number of nitrogens with one attached hydrogen (secondary N) is 1. The van der Waals surface area contributed by atoms with Crippen molar-refractivity contribution in [3.63, 3.8) is 0 Å². The predicted octanol–water partition coefficient (Wildman–Crippen LogP) is -0.349. The normalized spacial score (nSPS) is 10.2. The topological polar surface area (TPSA) is 55.4 Å². The SMILES string of the molecule is CCN(CC)CCCNC(=O)[O-]. The Balaban J connectivity index is 3.23. The number of rotatable bonds is 6. The quantitative estimate of drug-likeness (QED) is 0.559. The van der Waals surface area contributed by atoms with Gasteiger partial charge >= 0.3 is 0 Å². The first-order chi connectivity index (χ1) is 5.70. The van der Waals surface area contributed by atoms with Gasteiger partial charge in [0.05, 0.1) is 0 Å². The molecule has 72 valence electrons. The van der Waals surface area contributed by atoms with E-state index >= 15 is 0 Å². The summed E-state index contributed by atoms with van der Waals surface area (Å²) in [5.41, 5.74) is 0. The molecule has 4 nitrogen and oxygen atoms in total. The van der Waals surface area contributed by atoms with E-state index in [0.29, 0.717) is 6.54 Å². The lowest BCUT2D eigenvalue weighted by molar-refractivity contribution is -0.250. The zero-order chi connectivity index (χ0) is 9.40. The highest BCUT2D eigenvalue weighted by Gasteiger charge is 1.96. The molecule has 0 radical (unpaired) electrons. The fourth-order valence-corrected chi connectivity index (χ4v) is 1.03. The van der Waals surface area contributed by atoms with Gasteiger partial charge < -0.3 is 20.1 Å². The van der Waals surface area contributed by atoms with E-state index in [-0.39, 0.29) is 0 Å². The van der Waals surface area contributed by atoms with E-state index in [0.717, 1.165) is 26.1 Å². The smallest absolute Gasteiger partial charge is 0.134 e. The molecule has 0 spiro atoms. The van der Waals surface area contributed by atoms with Crippen LogP contribution >= 0.6 is 0 Å². The van der Waals surface area contributed by atoms with Crippen LogP contribution in [0.2, 0.25) is 0 Å². The second-order valence-corrected chi connectivity index (χ2v) is 2.59. The summed E-state index contributed by atoms with van der Waals surface area (Å²) in [6.07, 6.45) is -0.343. The zero-order valence-corrected chi connectivity index (χ0v) is 7.80. The minimum absolute atomic E-state index is 0.485. The highest BCUT2D eigenvalue weighted by Crippen LogP contribution is 1.88. The molecule has 1 N–H and O–H groups in total. The molecule has 0 saturated heterocycles. The molecule has 0 aromatic carbocycles.